The number of nitrogen functional groups attached to an aromatic ring is 1. The standard InChI is InChI=1S/C14H24N2O2S/c1-4-13(5-2)11(3)16-19(17,18)10-12-7-6-8-14(15)9-12/h6-9,11,13,16H,4-5,10,15H2,1-3H3. The van der Waals surface area contributed by atoms with Crippen LogP contribution in [0.2, 0.25) is 0 Å². The summed E-state index contributed by atoms with van der Waals surface area (Å²) >= 11 is 0. The highest BCUT2D eigenvalue weighted by molar-refractivity contribution is 7.88. The van der Waals surface area contributed by atoms with E-state index in [2.05, 4.69) is 18.6 Å². The van der Waals surface area contributed by atoms with Crippen molar-refractivity contribution in [2.45, 2.75) is 45.4 Å². The third-order valence-electron chi connectivity index (χ3n) is 3.43. The Bertz CT molecular complexity index is 496. The van der Waals surface area contributed by atoms with E-state index in [-0.39, 0.29) is 11.8 Å². The zero-order chi connectivity index (χ0) is 14.5. The molecule has 0 amide bonds. The van der Waals surface area contributed by atoms with Crippen LogP contribution in [0.4, 0.5) is 5.69 Å². The summed E-state index contributed by atoms with van der Waals surface area (Å²) in [5.41, 5.74) is 6.95. The van der Waals surface area contributed by atoms with Crippen molar-refractivity contribution in [3.63, 3.8) is 0 Å². The average molecular weight is 284 g/mol. The van der Waals surface area contributed by atoms with Crippen molar-refractivity contribution in [2.24, 2.45) is 5.92 Å². The molecule has 19 heavy (non-hydrogen) atoms. The van der Waals surface area contributed by atoms with Gasteiger partial charge in [-0.15, -0.1) is 0 Å². The zero-order valence-electron chi connectivity index (χ0n) is 11.9. The van der Waals surface area contributed by atoms with Gasteiger partial charge >= 0.3 is 0 Å². The first-order chi connectivity index (χ1) is 8.88. The number of nitrogens with two attached hydrogens (primary N) is 1. The Labute approximate surface area is 116 Å². The Kier molecular flexibility index (Phi) is 5.82. The summed E-state index contributed by atoms with van der Waals surface area (Å²) in [5.74, 6) is 0.346. The number of nitrogens with one attached hydrogen (secondary N) is 1. The lowest BCUT2D eigenvalue weighted by molar-refractivity contribution is 0.390. The molecule has 0 saturated heterocycles. The molecule has 0 aromatic heterocycles. The van der Waals surface area contributed by atoms with Crippen LogP contribution in [-0.2, 0) is 15.8 Å². The second kappa shape index (κ2) is 6.91. The van der Waals surface area contributed by atoms with Gasteiger partial charge in [0.25, 0.3) is 0 Å². The lowest BCUT2D eigenvalue weighted by atomic mass is 9.96. The second-order valence-corrected chi connectivity index (χ2v) is 6.74. The average Bonchev–Trinajstić information content (AvgIpc) is 2.28. The molecule has 0 saturated carbocycles. The monoisotopic (exact) mass is 284 g/mol. The number of benzene rings is 1. The summed E-state index contributed by atoms with van der Waals surface area (Å²) in [6.45, 7) is 6.09. The minimum atomic E-state index is -3.32. The van der Waals surface area contributed by atoms with Crippen LogP contribution in [0.3, 0.4) is 0 Å². The van der Waals surface area contributed by atoms with Gasteiger partial charge in [0.15, 0.2) is 0 Å². The maximum Gasteiger partial charge on any atom is 0.216 e. The van der Waals surface area contributed by atoms with Gasteiger partial charge in [-0.3, -0.25) is 0 Å². The molecule has 0 radical (unpaired) electrons. The molecule has 0 spiro atoms. The molecule has 1 atom stereocenters. The molecule has 0 aliphatic rings. The van der Waals surface area contributed by atoms with Crippen LogP contribution in [0, 0.1) is 5.92 Å². The molecular weight excluding hydrogens is 260 g/mol. The molecule has 0 bridgehead atoms. The Morgan fingerprint density at radius 2 is 1.89 bits per heavy atom. The predicted molar refractivity (Wildman–Crippen MR) is 80.1 cm³/mol. The van der Waals surface area contributed by atoms with Gasteiger partial charge in [-0.05, 0) is 30.5 Å². The second-order valence-electron chi connectivity index (χ2n) is 4.99. The smallest absolute Gasteiger partial charge is 0.216 e. The normalized spacial score (nSPS) is 13.7. The summed E-state index contributed by atoms with van der Waals surface area (Å²) in [7, 11) is -3.32. The molecule has 1 rings (SSSR count). The Morgan fingerprint density at radius 1 is 1.26 bits per heavy atom. The first-order valence-corrected chi connectivity index (χ1v) is 8.37. The molecule has 0 aliphatic carbocycles. The molecule has 5 heteroatoms. The van der Waals surface area contributed by atoms with Gasteiger partial charge < -0.3 is 5.73 Å². The van der Waals surface area contributed by atoms with Gasteiger partial charge in [-0.1, -0.05) is 38.8 Å². The molecule has 1 aromatic carbocycles. The fourth-order valence-electron chi connectivity index (χ4n) is 2.32. The van der Waals surface area contributed by atoms with E-state index in [9.17, 15) is 8.42 Å². The van der Waals surface area contributed by atoms with Gasteiger partial charge in [-0.25, -0.2) is 13.1 Å². The predicted octanol–water partition coefficient (Wildman–Crippen LogP) is 2.51. The molecule has 0 fully saturated rings. The van der Waals surface area contributed by atoms with Crippen molar-refractivity contribution in [2.75, 3.05) is 5.73 Å². The van der Waals surface area contributed by atoms with E-state index < -0.39 is 10.0 Å². The van der Waals surface area contributed by atoms with Crippen LogP contribution in [0.1, 0.15) is 39.2 Å². The fourth-order valence-corrected chi connectivity index (χ4v) is 3.78. The summed E-state index contributed by atoms with van der Waals surface area (Å²) in [6, 6.07) is 6.94. The van der Waals surface area contributed by atoms with Crippen molar-refractivity contribution in [1.82, 2.24) is 4.72 Å². The number of sulfonamides is 1. The van der Waals surface area contributed by atoms with Gasteiger partial charge in [0.1, 0.15) is 0 Å². The molecule has 0 aliphatic heterocycles. The van der Waals surface area contributed by atoms with Gasteiger partial charge in [0.2, 0.25) is 10.0 Å². The van der Waals surface area contributed by atoms with E-state index in [1.807, 2.05) is 6.92 Å². The molecule has 1 unspecified atom stereocenters. The van der Waals surface area contributed by atoms with Crippen LogP contribution in [0.15, 0.2) is 24.3 Å². The third-order valence-corrected chi connectivity index (χ3v) is 4.87. The Hall–Kier alpha value is -1.07. The van der Waals surface area contributed by atoms with E-state index in [1.165, 1.54) is 0 Å². The number of rotatable bonds is 7. The Morgan fingerprint density at radius 3 is 2.42 bits per heavy atom. The zero-order valence-corrected chi connectivity index (χ0v) is 12.7. The molecular formula is C14H24N2O2S. The molecule has 108 valence electrons. The minimum Gasteiger partial charge on any atom is -0.399 e. The largest absolute Gasteiger partial charge is 0.399 e. The maximum absolute atomic E-state index is 12.1. The van der Waals surface area contributed by atoms with E-state index in [4.69, 9.17) is 5.73 Å². The highest BCUT2D eigenvalue weighted by Crippen LogP contribution is 2.15. The van der Waals surface area contributed by atoms with Gasteiger partial charge in [0.05, 0.1) is 5.75 Å². The number of hydrogen-bond donors (Lipinski definition) is 2. The van der Waals surface area contributed by atoms with Crippen molar-refractivity contribution in [3.8, 4) is 0 Å². The third kappa shape index (κ3) is 5.20. The summed E-state index contributed by atoms with van der Waals surface area (Å²) in [5, 5.41) is 0. The Balaban J connectivity index is 2.71. The number of anilines is 1. The quantitative estimate of drug-likeness (QED) is 0.756. The summed E-state index contributed by atoms with van der Waals surface area (Å²) < 4.78 is 27.0. The molecule has 0 heterocycles. The van der Waals surface area contributed by atoms with E-state index in [0.717, 1.165) is 12.8 Å². The van der Waals surface area contributed by atoms with Gasteiger partial charge in [0, 0.05) is 11.7 Å². The van der Waals surface area contributed by atoms with E-state index in [1.54, 1.807) is 24.3 Å². The topological polar surface area (TPSA) is 72.2 Å². The van der Waals surface area contributed by atoms with Crippen LogP contribution < -0.4 is 10.5 Å². The lowest BCUT2D eigenvalue weighted by Gasteiger charge is -2.22. The fraction of sp³-hybridized carbons (Fsp3) is 0.571. The lowest BCUT2D eigenvalue weighted by Crippen LogP contribution is -2.38. The van der Waals surface area contributed by atoms with Crippen molar-refractivity contribution in [1.29, 1.82) is 0 Å². The SMILES string of the molecule is CCC(CC)C(C)NS(=O)(=O)Cc1cccc(N)c1. The number of hydrogen-bond acceptors (Lipinski definition) is 3. The van der Waals surface area contributed by atoms with E-state index in [0.29, 0.717) is 17.2 Å². The van der Waals surface area contributed by atoms with E-state index >= 15 is 0 Å². The molecule has 3 N–H and O–H groups in total. The minimum absolute atomic E-state index is 0.0253. The highest BCUT2D eigenvalue weighted by atomic mass is 32.2. The first kappa shape index (κ1) is 16.0. The molecule has 1 aromatic rings. The summed E-state index contributed by atoms with van der Waals surface area (Å²) in [6.07, 6.45) is 1.94. The summed E-state index contributed by atoms with van der Waals surface area (Å²) in [4.78, 5) is 0. The first-order valence-electron chi connectivity index (χ1n) is 6.72. The highest BCUT2D eigenvalue weighted by Gasteiger charge is 2.20. The van der Waals surface area contributed by atoms with Crippen molar-refractivity contribution in [3.05, 3.63) is 29.8 Å². The van der Waals surface area contributed by atoms with Crippen LogP contribution in [-0.4, -0.2) is 14.5 Å². The molecule has 4 nitrogen and oxygen atoms in total. The van der Waals surface area contributed by atoms with Crippen LogP contribution >= 0.6 is 0 Å². The van der Waals surface area contributed by atoms with Crippen LogP contribution in [0.5, 0.6) is 0 Å². The van der Waals surface area contributed by atoms with Gasteiger partial charge in [-0.2, -0.15) is 0 Å². The van der Waals surface area contributed by atoms with Crippen molar-refractivity contribution < 1.29 is 8.42 Å². The van der Waals surface area contributed by atoms with Crippen molar-refractivity contribution >= 4 is 15.7 Å². The maximum atomic E-state index is 12.1. The van der Waals surface area contributed by atoms with Crippen LogP contribution in [0.25, 0.3) is 0 Å².